The van der Waals surface area contributed by atoms with Gasteiger partial charge in [-0.15, -0.1) is 6.58 Å². The largest absolute Gasteiger partial charge is 0.508 e. The van der Waals surface area contributed by atoms with Gasteiger partial charge in [0.1, 0.15) is 17.2 Å². The van der Waals surface area contributed by atoms with Crippen LogP contribution in [0.4, 0.5) is 0 Å². The highest BCUT2D eigenvalue weighted by Crippen LogP contribution is 2.35. The van der Waals surface area contributed by atoms with E-state index in [9.17, 15) is 10.2 Å². The van der Waals surface area contributed by atoms with E-state index in [2.05, 4.69) is 6.58 Å². The lowest BCUT2D eigenvalue weighted by atomic mass is 10.1. The van der Waals surface area contributed by atoms with Crippen molar-refractivity contribution in [2.75, 3.05) is 0 Å². The first-order valence-electron chi connectivity index (χ1n) is 3.69. The Labute approximate surface area is 75.6 Å². The summed E-state index contributed by atoms with van der Waals surface area (Å²) in [4.78, 5) is 0. The summed E-state index contributed by atoms with van der Waals surface area (Å²) < 4.78 is 0. The normalized spacial score (nSPS) is 12.4. The summed E-state index contributed by atoms with van der Waals surface area (Å²) in [6, 6.07) is 1.57. The number of nitrogens with two attached hydrogens (primary N) is 1. The quantitative estimate of drug-likeness (QED) is 0.512. The minimum Gasteiger partial charge on any atom is -0.508 e. The van der Waals surface area contributed by atoms with Crippen molar-refractivity contribution in [2.45, 2.75) is 6.04 Å². The number of benzene rings is 1. The highest BCUT2D eigenvalue weighted by molar-refractivity contribution is 5.51. The zero-order chi connectivity index (χ0) is 10.0. The minimum atomic E-state index is -0.652. The molecule has 1 aromatic rings. The van der Waals surface area contributed by atoms with Gasteiger partial charge in [-0.1, -0.05) is 6.08 Å². The van der Waals surface area contributed by atoms with Gasteiger partial charge in [-0.3, -0.25) is 0 Å². The topological polar surface area (TPSA) is 86.7 Å². The average Bonchev–Trinajstić information content (AvgIpc) is 2.02. The number of hydrogen-bond acceptors (Lipinski definition) is 4. The van der Waals surface area contributed by atoms with Gasteiger partial charge in [0.05, 0.1) is 11.6 Å². The van der Waals surface area contributed by atoms with Gasteiger partial charge < -0.3 is 21.1 Å². The molecule has 1 atom stereocenters. The van der Waals surface area contributed by atoms with Gasteiger partial charge in [-0.05, 0) is 0 Å². The van der Waals surface area contributed by atoms with Crippen molar-refractivity contribution in [1.82, 2.24) is 0 Å². The molecular weight excluding hydrogens is 170 g/mol. The van der Waals surface area contributed by atoms with Crippen LogP contribution in [-0.4, -0.2) is 15.3 Å². The van der Waals surface area contributed by atoms with Gasteiger partial charge in [0.15, 0.2) is 0 Å². The van der Waals surface area contributed by atoms with E-state index in [1.54, 1.807) is 0 Å². The first kappa shape index (κ1) is 9.41. The van der Waals surface area contributed by atoms with Crippen LogP contribution in [-0.2, 0) is 0 Å². The molecule has 0 heterocycles. The van der Waals surface area contributed by atoms with Crippen LogP contribution in [0, 0.1) is 0 Å². The summed E-state index contributed by atoms with van der Waals surface area (Å²) in [6.45, 7) is 3.43. The Morgan fingerprint density at radius 1 is 1.23 bits per heavy atom. The second-order valence-electron chi connectivity index (χ2n) is 2.66. The van der Waals surface area contributed by atoms with Crippen molar-refractivity contribution in [3.63, 3.8) is 0 Å². The predicted molar refractivity (Wildman–Crippen MR) is 48.6 cm³/mol. The molecule has 70 valence electrons. The maximum absolute atomic E-state index is 9.33. The second kappa shape index (κ2) is 3.37. The van der Waals surface area contributed by atoms with E-state index >= 15 is 0 Å². The molecule has 0 aliphatic carbocycles. The fraction of sp³-hybridized carbons (Fsp3) is 0.111. The van der Waals surface area contributed by atoms with Crippen LogP contribution in [0.5, 0.6) is 17.2 Å². The summed E-state index contributed by atoms with van der Waals surface area (Å²) in [6.07, 6.45) is 1.38. The molecular formula is C9H11NO3. The predicted octanol–water partition coefficient (Wildman–Crippen LogP) is 0.989. The third-order valence-electron chi connectivity index (χ3n) is 1.71. The smallest absolute Gasteiger partial charge is 0.128 e. The molecule has 0 saturated heterocycles. The van der Waals surface area contributed by atoms with Crippen LogP contribution in [0.2, 0.25) is 0 Å². The summed E-state index contributed by atoms with van der Waals surface area (Å²) in [5.74, 6) is -0.704. The van der Waals surface area contributed by atoms with Crippen LogP contribution in [0.1, 0.15) is 11.6 Å². The summed E-state index contributed by atoms with van der Waals surface area (Å²) in [5, 5.41) is 27.6. The van der Waals surface area contributed by atoms with Gasteiger partial charge in [-0.25, -0.2) is 0 Å². The number of aromatic hydroxyl groups is 3. The number of phenols is 3. The van der Waals surface area contributed by atoms with Crippen molar-refractivity contribution < 1.29 is 15.3 Å². The molecule has 0 spiro atoms. The Morgan fingerprint density at radius 2 is 1.69 bits per heavy atom. The van der Waals surface area contributed by atoms with E-state index in [0.29, 0.717) is 0 Å². The number of rotatable bonds is 2. The lowest BCUT2D eigenvalue weighted by Crippen LogP contribution is -2.06. The molecule has 0 amide bonds. The molecule has 5 N–H and O–H groups in total. The first-order valence-corrected chi connectivity index (χ1v) is 3.69. The fourth-order valence-electron chi connectivity index (χ4n) is 1.07. The van der Waals surface area contributed by atoms with E-state index in [1.165, 1.54) is 6.08 Å². The molecule has 0 unspecified atom stereocenters. The van der Waals surface area contributed by atoms with Crippen molar-refractivity contribution >= 4 is 0 Å². The van der Waals surface area contributed by atoms with E-state index in [-0.39, 0.29) is 22.8 Å². The van der Waals surface area contributed by atoms with Gasteiger partial charge in [-0.2, -0.15) is 0 Å². The Kier molecular flexibility index (Phi) is 2.44. The van der Waals surface area contributed by atoms with Crippen molar-refractivity contribution in [3.8, 4) is 17.2 Å². The van der Waals surface area contributed by atoms with E-state index in [0.717, 1.165) is 12.1 Å². The highest BCUT2D eigenvalue weighted by Gasteiger charge is 2.14. The van der Waals surface area contributed by atoms with Crippen LogP contribution in [0.15, 0.2) is 24.8 Å². The van der Waals surface area contributed by atoms with E-state index < -0.39 is 6.04 Å². The Hall–Kier alpha value is -1.68. The zero-order valence-electron chi connectivity index (χ0n) is 6.94. The third kappa shape index (κ3) is 1.73. The molecule has 1 aromatic carbocycles. The number of hydrogen-bond donors (Lipinski definition) is 4. The maximum atomic E-state index is 9.33. The van der Waals surface area contributed by atoms with Gasteiger partial charge >= 0.3 is 0 Å². The van der Waals surface area contributed by atoms with Crippen LogP contribution in [0.25, 0.3) is 0 Å². The first-order chi connectivity index (χ1) is 6.06. The second-order valence-corrected chi connectivity index (χ2v) is 2.66. The Bertz CT molecular complexity index is 313. The van der Waals surface area contributed by atoms with E-state index in [4.69, 9.17) is 10.8 Å². The molecule has 0 radical (unpaired) electrons. The molecule has 4 nitrogen and oxygen atoms in total. The molecule has 4 heteroatoms. The SMILES string of the molecule is C=C[C@@H](N)c1c(O)cc(O)cc1O. The van der Waals surface area contributed by atoms with Crippen LogP contribution >= 0.6 is 0 Å². The molecule has 0 aliphatic rings. The van der Waals surface area contributed by atoms with E-state index in [1.807, 2.05) is 0 Å². The molecule has 0 bridgehead atoms. The Morgan fingerprint density at radius 3 is 2.08 bits per heavy atom. The zero-order valence-corrected chi connectivity index (χ0v) is 6.94. The monoisotopic (exact) mass is 181 g/mol. The van der Waals surface area contributed by atoms with Crippen LogP contribution < -0.4 is 5.73 Å². The summed E-state index contributed by atoms with van der Waals surface area (Å²) in [5.41, 5.74) is 5.69. The lowest BCUT2D eigenvalue weighted by molar-refractivity contribution is 0.416. The van der Waals surface area contributed by atoms with Gasteiger partial charge in [0.25, 0.3) is 0 Å². The standard InChI is InChI=1S/C9H11NO3/c1-2-6(10)9-7(12)3-5(11)4-8(9)13/h2-4,6,11-13H,1,10H2/t6-/m1/s1. The number of phenolic OH excluding ortho intramolecular Hbond substituents is 3. The Balaban J connectivity index is 3.28. The van der Waals surface area contributed by atoms with Gasteiger partial charge in [0.2, 0.25) is 0 Å². The molecule has 13 heavy (non-hydrogen) atoms. The molecule has 0 aromatic heterocycles. The van der Waals surface area contributed by atoms with Crippen LogP contribution in [0.3, 0.4) is 0 Å². The fourth-order valence-corrected chi connectivity index (χ4v) is 1.07. The molecule has 0 saturated carbocycles. The summed E-state index contributed by atoms with van der Waals surface area (Å²) in [7, 11) is 0. The average molecular weight is 181 g/mol. The third-order valence-corrected chi connectivity index (χ3v) is 1.71. The summed E-state index contributed by atoms with van der Waals surface area (Å²) >= 11 is 0. The van der Waals surface area contributed by atoms with Crippen molar-refractivity contribution in [3.05, 3.63) is 30.4 Å². The van der Waals surface area contributed by atoms with Crippen molar-refractivity contribution in [1.29, 1.82) is 0 Å². The lowest BCUT2D eigenvalue weighted by Gasteiger charge is -2.11. The van der Waals surface area contributed by atoms with Crippen molar-refractivity contribution in [2.24, 2.45) is 5.73 Å². The molecule has 1 rings (SSSR count). The van der Waals surface area contributed by atoms with Gasteiger partial charge in [0, 0.05) is 12.1 Å². The highest BCUT2D eigenvalue weighted by atomic mass is 16.3. The molecule has 0 aliphatic heterocycles. The molecule has 0 fully saturated rings. The minimum absolute atomic E-state index is 0.160. The maximum Gasteiger partial charge on any atom is 0.128 e.